The Morgan fingerprint density at radius 3 is 3.33 bits per heavy atom. The first-order valence-electron chi connectivity index (χ1n) is 2.70. The van der Waals surface area contributed by atoms with Crippen LogP contribution in [0.5, 0.6) is 5.88 Å². The SMILES string of the molecule is C[Si]COc1ccn[nH]1. The number of hydrogen-bond acceptors (Lipinski definition) is 2. The number of nitrogens with one attached hydrogen (secondary N) is 1. The maximum Gasteiger partial charge on any atom is 0.208 e. The highest BCUT2D eigenvalue weighted by Crippen LogP contribution is 2.00. The monoisotopic (exact) mass is 140 g/mol. The summed E-state index contributed by atoms with van der Waals surface area (Å²) in [5, 5.41) is 6.43. The van der Waals surface area contributed by atoms with Crippen LogP contribution in [0.1, 0.15) is 0 Å². The molecule has 0 aromatic carbocycles. The van der Waals surface area contributed by atoms with Crippen LogP contribution in [-0.4, -0.2) is 25.9 Å². The quantitative estimate of drug-likeness (QED) is 0.621. The van der Waals surface area contributed by atoms with E-state index in [4.69, 9.17) is 4.74 Å². The van der Waals surface area contributed by atoms with Gasteiger partial charge >= 0.3 is 0 Å². The Kier molecular flexibility index (Phi) is 2.32. The van der Waals surface area contributed by atoms with Crippen molar-refractivity contribution in [1.82, 2.24) is 10.2 Å². The van der Waals surface area contributed by atoms with Gasteiger partial charge in [-0.2, -0.15) is 5.10 Å². The van der Waals surface area contributed by atoms with Crippen molar-refractivity contribution in [3.8, 4) is 5.88 Å². The summed E-state index contributed by atoms with van der Waals surface area (Å²) in [6.07, 6.45) is 2.45. The van der Waals surface area contributed by atoms with E-state index in [1.165, 1.54) is 0 Å². The minimum Gasteiger partial charge on any atom is -0.482 e. The number of H-pyrrole nitrogens is 1. The maximum absolute atomic E-state index is 5.19. The van der Waals surface area contributed by atoms with Crippen LogP contribution < -0.4 is 4.74 Å². The van der Waals surface area contributed by atoms with Gasteiger partial charge in [-0.05, 0) is 0 Å². The molecule has 0 fully saturated rings. The predicted molar refractivity (Wildman–Crippen MR) is 35.7 cm³/mol. The molecule has 9 heavy (non-hydrogen) atoms. The van der Waals surface area contributed by atoms with E-state index in [9.17, 15) is 0 Å². The lowest BCUT2D eigenvalue weighted by atomic mass is 10.7. The smallest absolute Gasteiger partial charge is 0.208 e. The van der Waals surface area contributed by atoms with Gasteiger partial charge in [0.05, 0.1) is 21.9 Å². The number of aromatic amines is 1. The number of rotatable bonds is 3. The topological polar surface area (TPSA) is 37.9 Å². The summed E-state index contributed by atoms with van der Waals surface area (Å²) in [5.74, 6) is 0.754. The normalized spacial score (nSPS) is 9.44. The van der Waals surface area contributed by atoms with Crippen LogP contribution in [0.25, 0.3) is 0 Å². The van der Waals surface area contributed by atoms with Crippen LogP contribution in [0, 0.1) is 0 Å². The second-order valence-corrected chi connectivity index (χ2v) is 2.56. The summed E-state index contributed by atoms with van der Waals surface area (Å²) in [7, 11) is 0.826. The largest absolute Gasteiger partial charge is 0.482 e. The third-order valence-electron chi connectivity index (χ3n) is 0.847. The molecule has 2 radical (unpaired) electrons. The van der Waals surface area contributed by atoms with Crippen molar-refractivity contribution in [1.29, 1.82) is 0 Å². The number of nitrogens with zero attached hydrogens (tertiary/aromatic N) is 1. The van der Waals surface area contributed by atoms with Gasteiger partial charge in [0.2, 0.25) is 5.88 Å². The number of hydrogen-bond donors (Lipinski definition) is 1. The van der Waals surface area contributed by atoms with Crippen molar-refractivity contribution in [2.75, 3.05) is 6.23 Å². The Balaban J connectivity index is 2.30. The number of ether oxygens (including phenoxy) is 1. The molecule has 4 heteroatoms. The standard InChI is InChI=1S/C5H8N2OSi/c1-9-4-8-5-2-3-6-7-5/h2-3H,4H2,1H3,(H,6,7). The highest BCUT2D eigenvalue weighted by atomic mass is 28.2. The predicted octanol–water partition coefficient (Wildman–Crippen LogP) is 0.498. The third kappa shape index (κ3) is 1.89. The minimum atomic E-state index is 0.754. The lowest BCUT2D eigenvalue weighted by Gasteiger charge is -1.96. The molecular weight excluding hydrogens is 132 g/mol. The molecule has 1 aromatic rings. The van der Waals surface area contributed by atoms with Crippen molar-refractivity contribution in [3.05, 3.63) is 12.3 Å². The van der Waals surface area contributed by atoms with Gasteiger partial charge in [-0.25, -0.2) is 5.10 Å². The summed E-state index contributed by atoms with van der Waals surface area (Å²) in [4.78, 5) is 0. The average molecular weight is 140 g/mol. The van der Waals surface area contributed by atoms with Gasteiger partial charge in [0.15, 0.2) is 0 Å². The summed E-state index contributed by atoms with van der Waals surface area (Å²) in [6, 6.07) is 1.81. The zero-order valence-corrected chi connectivity index (χ0v) is 6.22. The van der Waals surface area contributed by atoms with Crippen molar-refractivity contribution in [2.24, 2.45) is 0 Å². The van der Waals surface area contributed by atoms with Gasteiger partial charge < -0.3 is 4.74 Å². The van der Waals surface area contributed by atoms with Crippen LogP contribution in [0.3, 0.4) is 0 Å². The molecular formula is C5H8N2OSi. The van der Waals surface area contributed by atoms with Gasteiger partial charge in [0.25, 0.3) is 0 Å². The second-order valence-electron chi connectivity index (χ2n) is 1.56. The van der Waals surface area contributed by atoms with Gasteiger partial charge in [0.1, 0.15) is 0 Å². The van der Waals surface area contributed by atoms with Crippen LogP contribution in [-0.2, 0) is 0 Å². The molecule has 0 aliphatic heterocycles. The third-order valence-corrected chi connectivity index (χ3v) is 1.28. The molecule has 0 spiro atoms. The summed E-state index contributed by atoms with van der Waals surface area (Å²) < 4.78 is 5.19. The molecule has 0 saturated carbocycles. The highest BCUT2D eigenvalue weighted by Gasteiger charge is 1.89. The van der Waals surface area contributed by atoms with E-state index in [0.717, 1.165) is 21.6 Å². The number of aromatic nitrogens is 2. The Morgan fingerprint density at radius 2 is 2.78 bits per heavy atom. The van der Waals surface area contributed by atoms with Crippen LogP contribution in [0.4, 0.5) is 0 Å². The first-order chi connectivity index (χ1) is 4.43. The summed E-state index contributed by atoms with van der Waals surface area (Å²) in [6.45, 7) is 2.09. The Hall–Kier alpha value is -0.773. The van der Waals surface area contributed by atoms with E-state index in [-0.39, 0.29) is 0 Å². The lowest BCUT2D eigenvalue weighted by molar-refractivity contribution is 0.368. The fourth-order valence-corrected chi connectivity index (χ4v) is 0.773. The van der Waals surface area contributed by atoms with E-state index in [1.807, 2.05) is 0 Å². The molecule has 0 amide bonds. The first-order valence-corrected chi connectivity index (χ1v) is 4.41. The molecule has 0 bridgehead atoms. The molecule has 0 aliphatic rings. The lowest BCUT2D eigenvalue weighted by Crippen LogP contribution is -2.02. The van der Waals surface area contributed by atoms with Gasteiger partial charge in [-0.1, -0.05) is 6.55 Å². The zero-order valence-electron chi connectivity index (χ0n) is 5.22. The Labute approximate surface area is 56.2 Å². The van der Waals surface area contributed by atoms with Crippen LogP contribution in [0.2, 0.25) is 6.55 Å². The van der Waals surface area contributed by atoms with Crippen molar-refractivity contribution >= 4 is 9.52 Å². The van der Waals surface area contributed by atoms with E-state index >= 15 is 0 Å². The maximum atomic E-state index is 5.19. The fourth-order valence-electron chi connectivity index (χ4n) is 0.473. The summed E-state index contributed by atoms with van der Waals surface area (Å²) in [5.41, 5.74) is 0. The van der Waals surface area contributed by atoms with E-state index in [1.54, 1.807) is 12.3 Å². The molecule has 0 aliphatic carbocycles. The Bertz CT molecular complexity index is 152. The van der Waals surface area contributed by atoms with Crippen LogP contribution >= 0.6 is 0 Å². The van der Waals surface area contributed by atoms with Gasteiger partial charge in [-0.15, -0.1) is 0 Å². The van der Waals surface area contributed by atoms with Crippen molar-refractivity contribution in [2.45, 2.75) is 6.55 Å². The molecule has 48 valence electrons. The van der Waals surface area contributed by atoms with Gasteiger partial charge in [-0.3, -0.25) is 0 Å². The van der Waals surface area contributed by atoms with E-state index < -0.39 is 0 Å². The molecule has 0 unspecified atom stereocenters. The fraction of sp³-hybridized carbons (Fsp3) is 0.400. The van der Waals surface area contributed by atoms with E-state index in [2.05, 4.69) is 16.7 Å². The van der Waals surface area contributed by atoms with Crippen LogP contribution in [0.15, 0.2) is 12.3 Å². The average Bonchev–Trinajstić information content (AvgIpc) is 2.34. The molecule has 0 atom stereocenters. The molecule has 1 N–H and O–H groups in total. The van der Waals surface area contributed by atoms with Crippen molar-refractivity contribution in [3.63, 3.8) is 0 Å². The zero-order chi connectivity index (χ0) is 6.53. The minimum absolute atomic E-state index is 0.754. The second kappa shape index (κ2) is 3.29. The molecule has 0 saturated heterocycles. The molecule has 1 heterocycles. The molecule has 1 rings (SSSR count). The Morgan fingerprint density at radius 1 is 1.89 bits per heavy atom. The molecule has 3 nitrogen and oxygen atoms in total. The summed E-state index contributed by atoms with van der Waals surface area (Å²) >= 11 is 0. The van der Waals surface area contributed by atoms with Gasteiger partial charge in [0, 0.05) is 6.07 Å². The molecule has 1 aromatic heterocycles. The van der Waals surface area contributed by atoms with Crippen molar-refractivity contribution < 1.29 is 4.74 Å². The first kappa shape index (κ1) is 6.35. The van der Waals surface area contributed by atoms with E-state index in [0.29, 0.717) is 0 Å². The highest BCUT2D eigenvalue weighted by molar-refractivity contribution is 6.33.